The van der Waals surface area contributed by atoms with Gasteiger partial charge in [0.2, 0.25) is 0 Å². The summed E-state index contributed by atoms with van der Waals surface area (Å²) in [7, 11) is 0. The molecular weight excluding hydrogens is 238 g/mol. The molecule has 4 nitrogen and oxygen atoms in total. The van der Waals surface area contributed by atoms with E-state index in [0.717, 1.165) is 0 Å². The molecule has 0 saturated carbocycles. The van der Waals surface area contributed by atoms with Crippen molar-refractivity contribution < 1.29 is 14.7 Å². The maximum Gasteiger partial charge on any atom is 0.335 e. The minimum Gasteiger partial charge on any atom is -0.478 e. The number of thiophene rings is 1. The largest absolute Gasteiger partial charge is 0.478 e. The zero-order chi connectivity index (χ0) is 12.3. The molecule has 0 aliphatic heterocycles. The Kier molecular flexibility index (Phi) is 3.20. The van der Waals surface area contributed by atoms with Crippen LogP contribution in [0.1, 0.15) is 20.7 Å². The summed E-state index contributed by atoms with van der Waals surface area (Å²) in [5.74, 6) is -1.26. The Morgan fingerprint density at radius 3 is 2.65 bits per heavy atom. The van der Waals surface area contributed by atoms with Gasteiger partial charge in [0.25, 0.3) is 5.91 Å². The first-order chi connectivity index (χ1) is 8.16. The van der Waals surface area contributed by atoms with E-state index in [1.54, 1.807) is 23.6 Å². The van der Waals surface area contributed by atoms with E-state index in [0.29, 0.717) is 11.3 Å². The highest BCUT2D eigenvalue weighted by molar-refractivity contribution is 7.08. The van der Waals surface area contributed by atoms with Crippen molar-refractivity contribution in [3.8, 4) is 0 Å². The van der Waals surface area contributed by atoms with Crippen LogP contribution in [0.5, 0.6) is 0 Å². The summed E-state index contributed by atoms with van der Waals surface area (Å²) < 4.78 is 0. The molecule has 0 aliphatic rings. The predicted octanol–water partition coefficient (Wildman–Crippen LogP) is 2.70. The third-order valence-electron chi connectivity index (χ3n) is 2.15. The third-order valence-corrected chi connectivity index (χ3v) is 2.83. The molecule has 2 rings (SSSR count). The Morgan fingerprint density at radius 2 is 2.00 bits per heavy atom. The summed E-state index contributed by atoms with van der Waals surface area (Å²) in [5.41, 5.74) is 1.19. The van der Waals surface area contributed by atoms with Gasteiger partial charge in [-0.3, -0.25) is 4.79 Å². The maximum absolute atomic E-state index is 11.7. The topological polar surface area (TPSA) is 66.4 Å². The molecule has 0 aliphatic carbocycles. The summed E-state index contributed by atoms with van der Waals surface area (Å²) in [6.07, 6.45) is 0. The van der Waals surface area contributed by atoms with Gasteiger partial charge < -0.3 is 10.4 Å². The fourth-order valence-electron chi connectivity index (χ4n) is 1.33. The van der Waals surface area contributed by atoms with Crippen LogP contribution in [-0.4, -0.2) is 17.0 Å². The highest BCUT2D eigenvalue weighted by atomic mass is 32.1. The van der Waals surface area contributed by atoms with Crippen molar-refractivity contribution >= 4 is 28.9 Å². The summed E-state index contributed by atoms with van der Waals surface area (Å²) in [4.78, 5) is 22.5. The lowest BCUT2D eigenvalue weighted by atomic mass is 10.2. The van der Waals surface area contributed by atoms with E-state index in [1.165, 1.54) is 23.5 Å². The molecule has 1 amide bonds. The van der Waals surface area contributed by atoms with Gasteiger partial charge in [-0.05, 0) is 29.6 Å². The van der Waals surface area contributed by atoms with Crippen LogP contribution in [0.3, 0.4) is 0 Å². The molecule has 1 heterocycles. The Hall–Kier alpha value is -2.14. The number of aromatic carboxylic acids is 1. The van der Waals surface area contributed by atoms with E-state index >= 15 is 0 Å². The van der Waals surface area contributed by atoms with Crippen LogP contribution in [0, 0.1) is 0 Å². The van der Waals surface area contributed by atoms with Crippen molar-refractivity contribution in [1.82, 2.24) is 0 Å². The monoisotopic (exact) mass is 247 g/mol. The van der Waals surface area contributed by atoms with E-state index < -0.39 is 5.97 Å². The minimum atomic E-state index is -1.02. The normalized spacial score (nSPS) is 9.88. The highest BCUT2D eigenvalue weighted by Gasteiger charge is 2.08. The first-order valence-corrected chi connectivity index (χ1v) is 5.78. The van der Waals surface area contributed by atoms with E-state index in [9.17, 15) is 9.59 Å². The van der Waals surface area contributed by atoms with Gasteiger partial charge in [0.15, 0.2) is 0 Å². The van der Waals surface area contributed by atoms with Crippen molar-refractivity contribution in [2.24, 2.45) is 0 Å². The third kappa shape index (κ3) is 2.70. The number of nitrogens with one attached hydrogen (secondary N) is 1. The fraction of sp³-hybridized carbons (Fsp3) is 0. The minimum absolute atomic E-state index is 0.146. The van der Waals surface area contributed by atoms with Crippen molar-refractivity contribution in [2.45, 2.75) is 0 Å². The van der Waals surface area contributed by atoms with Gasteiger partial charge in [0, 0.05) is 11.1 Å². The van der Waals surface area contributed by atoms with Gasteiger partial charge in [-0.15, -0.1) is 0 Å². The molecule has 2 aromatic rings. The molecule has 0 saturated heterocycles. The SMILES string of the molecule is O=C(O)c1cccc(NC(=O)c2ccsc2)c1. The standard InChI is InChI=1S/C12H9NO3S/c14-11(9-4-5-17-7-9)13-10-3-1-2-8(6-10)12(15)16/h1-7H,(H,13,14)(H,15,16). The van der Waals surface area contributed by atoms with E-state index in [1.807, 2.05) is 5.38 Å². The number of rotatable bonds is 3. The quantitative estimate of drug-likeness (QED) is 0.876. The molecule has 86 valence electrons. The summed E-state index contributed by atoms with van der Waals surface area (Å²) in [6.45, 7) is 0. The van der Waals surface area contributed by atoms with Crippen molar-refractivity contribution in [2.75, 3.05) is 5.32 Å². The molecule has 0 fully saturated rings. The molecule has 0 unspecified atom stereocenters. The lowest BCUT2D eigenvalue weighted by Gasteiger charge is -2.04. The van der Waals surface area contributed by atoms with Crippen molar-refractivity contribution in [3.63, 3.8) is 0 Å². The van der Waals surface area contributed by atoms with Crippen LogP contribution >= 0.6 is 11.3 Å². The molecule has 1 aromatic heterocycles. The number of carboxylic acids is 1. The van der Waals surface area contributed by atoms with Crippen LogP contribution in [0.15, 0.2) is 41.1 Å². The summed E-state index contributed by atoms with van der Waals surface area (Å²) in [5, 5.41) is 15.0. The smallest absolute Gasteiger partial charge is 0.335 e. The summed E-state index contributed by atoms with van der Waals surface area (Å²) >= 11 is 1.43. The number of hydrogen-bond acceptors (Lipinski definition) is 3. The van der Waals surface area contributed by atoms with Gasteiger partial charge in [-0.2, -0.15) is 11.3 Å². The van der Waals surface area contributed by atoms with Crippen LogP contribution in [-0.2, 0) is 0 Å². The predicted molar refractivity (Wildman–Crippen MR) is 65.7 cm³/mol. The molecule has 17 heavy (non-hydrogen) atoms. The molecule has 0 bridgehead atoms. The van der Waals surface area contributed by atoms with E-state index in [4.69, 9.17) is 5.11 Å². The Morgan fingerprint density at radius 1 is 1.18 bits per heavy atom. The zero-order valence-electron chi connectivity index (χ0n) is 8.71. The summed E-state index contributed by atoms with van der Waals surface area (Å²) in [6, 6.07) is 7.85. The van der Waals surface area contributed by atoms with Crippen LogP contribution in [0.4, 0.5) is 5.69 Å². The Balaban J connectivity index is 2.16. The lowest BCUT2D eigenvalue weighted by molar-refractivity contribution is 0.0696. The van der Waals surface area contributed by atoms with Gasteiger partial charge in [0.05, 0.1) is 11.1 Å². The maximum atomic E-state index is 11.7. The van der Waals surface area contributed by atoms with Gasteiger partial charge in [-0.25, -0.2) is 4.79 Å². The highest BCUT2D eigenvalue weighted by Crippen LogP contribution is 2.13. The number of carboxylic acid groups (broad SMARTS) is 1. The van der Waals surface area contributed by atoms with E-state index in [2.05, 4.69) is 5.32 Å². The van der Waals surface area contributed by atoms with Gasteiger partial charge in [0.1, 0.15) is 0 Å². The van der Waals surface area contributed by atoms with Crippen LogP contribution in [0.25, 0.3) is 0 Å². The van der Waals surface area contributed by atoms with Crippen molar-refractivity contribution in [3.05, 3.63) is 52.2 Å². The average Bonchev–Trinajstić information content (AvgIpc) is 2.82. The van der Waals surface area contributed by atoms with Crippen LogP contribution in [0.2, 0.25) is 0 Å². The Bertz CT molecular complexity index is 549. The molecule has 5 heteroatoms. The Labute approximate surface area is 102 Å². The fourth-order valence-corrected chi connectivity index (χ4v) is 1.96. The van der Waals surface area contributed by atoms with Gasteiger partial charge in [-0.1, -0.05) is 6.07 Å². The molecule has 0 spiro atoms. The number of hydrogen-bond donors (Lipinski definition) is 2. The number of carbonyl (C=O) groups excluding carboxylic acids is 1. The second kappa shape index (κ2) is 4.80. The number of benzene rings is 1. The number of carbonyl (C=O) groups is 2. The zero-order valence-corrected chi connectivity index (χ0v) is 9.53. The molecule has 0 atom stereocenters. The molecular formula is C12H9NO3S. The first-order valence-electron chi connectivity index (χ1n) is 4.84. The molecule has 0 radical (unpaired) electrons. The lowest BCUT2D eigenvalue weighted by Crippen LogP contribution is -2.11. The first kappa shape index (κ1) is 11.3. The van der Waals surface area contributed by atoms with Crippen molar-refractivity contribution in [1.29, 1.82) is 0 Å². The van der Waals surface area contributed by atoms with E-state index in [-0.39, 0.29) is 11.5 Å². The second-order valence-corrected chi connectivity index (χ2v) is 4.13. The number of anilines is 1. The number of amides is 1. The van der Waals surface area contributed by atoms with Crippen LogP contribution < -0.4 is 5.32 Å². The van der Waals surface area contributed by atoms with Gasteiger partial charge >= 0.3 is 5.97 Å². The molecule has 2 N–H and O–H groups in total. The molecule has 1 aromatic carbocycles. The average molecular weight is 247 g/mol. The second-order valence-electron chi connectivity index (χ2n) is 3.35.